The SMILES string of the molecule is CCNC(=O)[C@H]1O[C@@H](n2cnc3c(N)nc(C#CC4(O)CCCCC4C(C)(C)C)nc32)C(O)[C@H]1O. The van der Waals surface area contributed by atoms with Crippen LogP contribution in [-0.2, 0) is 9.53 Å². The molecular weight excluding hydrogens is 452 g/mol. The lowest BCUT2D eigenvalue weighted by molar-refractivity contribution is -0.137. The lowest BCUT2D eigenvalue weighted by Gasteiger charge is -2.43. The van der Waals surface area contributed by atoms with E-state index in [9.17, 15) is 20.1 Å². The van der Waals surface area contributed by atoms with Gasteiger partial charge in [-0.2, -0.15) is 0 Å². The number of carbonyl (C=O) groups is 1. The Bertz CT molecular complexity index is 1160. The van der Waals surface area contributed by atoms with Crippen molar-refractivity contribution in [3.05, 3.63) is 12.2 Å². The third kappa shape index (κ3) is 4.71. The van der Waals surface area contributed by atoms with Gasteiger partial charge in [-0.3, -0.25) is 9.36 Å². The van der Waals surface area contributed by atoms with E-state index in [2.05, 4.69) is 52.9 Å². The minimum atomic E-state index is -1.43. The van der Waals surface area contributed by atoms with Gasteiger partial charge in [-0.25, -0.2) is 15.0 Å². The van der Waals surface area contributed by atoms with Gasteiger partial charge >= 0.3 is 0 Å². The van der Waals surface area contributed by atoms with E-state index in [0.29, 0.717) is 13.0 Å². The minimum absolute atomic E-state index is 0.00224. The molecular formula is C24H34N6O5. The first-order valence-corrected chi connectivity index (χ1v) is 12.0. The number of nitrogens with zero attached hydrogens (tertiary/aromatic N) is 4. The lowest BCUT2D eigenvalue weighted by Crippen LogP contribution is -2.45. The van der Waals surface area contributed by atoms with Crippen molar-refractivity contribution in [1.82, 2.24) is 24.8 Å². The average molecular weight is 487 g/mol. The summed E-state index contributed by atoms with van der Waals surface area (Å²) in [6.07, 6.45) is -0.456. The molecule has 2 fully saturated rings. The summed E-state index contributed by atoms with van der Waals surface area (Å²) in [5.41, 5.74) is 5.32. The Labute approximate surface area is 204 Å². The summed E-state index contributed by atoms with van der Waals surface area (Å²) in [5, 5.41) is 34.9. The number of hydrogen-bond acceptors (Lipinski definition) is 9. The lowest BCUT2D eigenvalue weighted by atomic mass is 9.64. The summed E-state index contributed by atoms with van der Waals surface area (Å²) < 4.78 is 7.09. The number of aliphatic hydroxyl groups excluding tert-OH is 2. The van der Waals surface area contributed by atoms with Crippen LogP contribution >= 0.6 is 0 Å². The van der Waals surface area contributed by atoms with E-state index in [1.54, 1.807) is 6.92 Å². The highest BCUT2D eigenvalue weighted by molar-refractivity contribution is 5.83. The van der Waals surface area contributed by atoms with Crippen molar-refractivity contribution >= 4 is 22.9 Å². The first-order chi connectivity index (χ1) is 16.5. The number of fused-ring (bicyclic) bond motifs is 1. The van der Waals surface area contributed by atoms with Crippen molar-refractivity contribution in [1.29, 1.82) is 0 Å². The van der Waals surface area contributed by atoms with Crippen molar-refractivity contribution in [2.24, 2.45) is 11.3 Å². The number of nitrogens with one attached hydrogen (secondary N) is 1. The monoisotopic (exact) mass is 486 g/mol. The largest absolute Gasteiger partial charge is 0.387 e. The van der Waals surface area contributed by atoms with Crippen LogP contribution in [0, 0.1) is 23.2 Å². The molecule has 6 atom stereocenters. The molecule has 190 valence electrons. The molecule has 0 bridgehead atoms. The summed E-state index contributed by atoms with van der Waals surface area (Å²) in [7, 11) is 0. The minimum Gasteiger partial charge on any atom is -0.387 e. The number of nitrogens with two attached hydrogens (primary N) is 1. The number of carbonyl (C=O) groups excluding carboxylic acids is 1. The van der Waals surface area contributed by atoms with Crippen LogP contribution in [-0.4, -0.2) is 71.2 Å². The van der Waals surface area contributed by atoms with Gasteiger partial charge in [0.15, 0.2) is 23.8 Å². The van der Waals surface area contributed by atoms with Gasteiger partial charge in [-0.1, -0.05) is 33.1 Å². The number of likely N-dealkylation sites (N-methyl/N-ethyl adjacent to an activating group) is 1. The molecule has 3 unspecified atom stereocenters. The Balaban J connectivity index is 1.69. The molecule has 4 rings (SSSR count). The molecule has 0 aromatic carbocycles. The fraction of sp³-hybridized carbons (Fsp3) is 0.667. The van der Waals surface area contributed by atoms with E-state index in [1.165, 1.54) is 10.9 Å². The van der Waals surface area contributed by atoms with Crippen LogP contribution in [0.4, 0.5) is 5.82 Å². The van der Waals surface area contributed by atoms with E-state index in [1.807, 2.05) is 0 Å². The Morgan fingerprint density at radius 2 is 2.06 bits per heavy atom. The summed E-state index contributed by atoms with van der Waals surface area (Å²) >= 11 is 0. The van der Waals surface area contributed by atoms with Crippen molar-refractivity contribution in [2.75, 3.05) is 12.3 Å². The van der Waals surface area contributed by atoms with Crippen LogP contribution in [0.3, 0.4) is 0 Å². The van der Waals surface area contributed by atoms with Gasteiger partial charge in [0.2, 0.25) is 5.82 Å². The molecule has 2 aromatic rings. The van der Waals surface area contributed by atoms with Crippen LogP contribution in [0.2, 0.25) is 0 Å². The zero-order chi connectivity index (χ0) is 25.5. The Kier molecular flexibility index (Phi) is 6.76. The maximum Gasteiger partial charge on any atom is 0.252 e. The molecule has 1 aliphatic heterocycles. The second-order valence-corrected chi connectivity index (χ2v) is 10.4. The second kappa shape index (κ2) is 9.35. The maximum atomic E-state index is 12.2. The van der Waals surface area contributed by atoms with E-state index >= 15 is 0 Å². The molecule has 1 saturated heterocycles. The standard InChI is InChI=1S/C24H34N6O5/c1-5-26-21(33)18-16(31)17(32)22(35-18)30-12-27-15-19(25)28-14(29-20(15)30)9-11-24(34)10-7-6-8-13(24)23(2,3)4/h12-13,16-18,22,31-32,34H,5-8,10H2,1-4H3,(H,26,33)(H2,25,28,29)/t13?,16-,17?,18+,22-,24?/m1/s1. The highest BCUT2D eigenvalue weighted by Crippen LogP contribution is 2.44. The first kappa shape index (κ1) is 25.3. The zero-order valence-electron chi connectivity index (χ0n) is 20.5. The molecule has 0 radical (unpaired) electrons. The number of amides is 1. The van der Waals surface area contributed by atoms with E-state index in [0.717, 1.165) is 19.3 Å². The number of aromatic nitrogens is 4. The highest BCUT2D eigenvalue weighted by atomic mass is 16.6. The van der Waals surface area contributed by atoms with Crippen LogP contribution in [0.1, 0.15) is 65.4 Å². The number of anilines is 1. The third-order valence-corrected chi connectivity index (χ3v) is 6.88. The summed E-state index contributed by atoms with van der Waals surface area (Å²) in [4.78, 5) is 25.1. The highest BCUT2D eigenvalue weighted by Gasteiger charge is 2.48. The molecule has 6 N–H and O–H groups in total. The first-order valence-electron chi connectivity index (χ1n) is 12.0. The molecule has 35 heavy (non-hydrogen) atoms. The van der Waals surface area contributed by atoms with E-state index in [-0.39, 0.29) is 34.1 Å². The van der Waals surface area contributed by atoms with Crippen molar-refractivity contribution in [3.63, 3.8) is 0 Å². The van der Waals surface area contributed by atoms with Crippen LogP contribution in [0.5, 0.6) is 0 Å². The molecule has 3 heterocycles. The predicted octanol–water partition coefficient (Wildman–Crippen LogP) is 0.483. The van der Waals surface area contributed by atoms with Gasteiger partial charge in [-0.05, 0) is 37.5 Å². The molecule has 1 aliphatic carbocycles. The van der Waals surface area contributed by atoms with Crippen molar-refractivity contribution < 1.29 is 24.9 Å². The molecule has 2 aromatic heterocycles. The van der Waals surface area contributed by atoms with Gasteiger partial charge in [0, 0.05) is 12.5 Å². The van der Waals surface area contributed by atoms with Gasteiger partial charge < -0.3 is 31.1 Å². The number of ether oxygens (including phenoxy) is 1. The van der Waals surface area contributed by atoms with E-state index in [4.69, 9.17) is 10.5 Å². The van der Waals surface area contributed by atoms with Crippen molar-refractivity contribution in [3.8, 4) is 11.8 Å². The Morgan fingerprint density at radius 1 is 1.31 bits per heavy atom. The zero-order valence-corrected chi connectivity index (χ0v) is 20.5. The number of aliphatic hydroxyl groups is 3. The molecule has 2 aliphatic rings. The Hall–Kier alpha value is -2.78. The predicted molar refractivity (Wildman–Crippen MR) is 128 cm³/mol. The summed E-state index contributed by atoms with van der Waals surface area (Å²) in [5.74, 6) is 5.56. The number of imidazole rings is 1. The van der Waals surface area contributed by atoms with Gasteiger partial charge in [0.25, 0.3) is 5.91 Å². The number of rotatable bonds is 3. The molecule has 1 saturated carbocycles. The molecule has 11 heteroatoms. The normalized spacial score (nSPS) is 31.2. The second-order valence-electron chi connectivity index (χ2n) is 10.4. The number of hydrogen-bond donors (Lipinski definition) is 5. The molecule has 0 spiro atoms. The van der Waals surface area contributed by atoms with Crippen LogP contribution < -0.4 is 11.1 Å². The fourth-order valence-electron chi connectivity index (χ4n) is 5.18. The maximum absolute atomic E-state index is 12.2. The summed E-state index contributed by atoms with van der Waals surface area (Å²) in [6, 6.07) is 0. The molecule has 1 amide bonds. The van der Waals surface area contributed by atoms with E-state index < -0.39 is 36.0 Å². The fourth-order valence-corrected chi connectivity index (χ4v) is 5.18. The van der Waals surface area contributed by atoms with Crippen LogP contribution in [0.25, 0.3) is 11.2 Å². The number of nitrogen functional groups attached to an aromatic ring is 1. The smallest absolute Gasteiger partial charge is 0.252 e. The topological polar surface area (TPSA) is 169 Å². The quantitative estimate of drug-likeness (QED) is 0.387. The van der Waals surface area contributed by atoms with Gasteiger partial charge in [0.05, 0.1) is 6.33 Å². The third-order valence-electron chi connectivity index (χ3n) is 6.88. The van der Waals surface area contributed by atoms with Crippen LogP contribution in [0.15, 0.2) is 6.33 Å². The van der Waals surface area contributed by atoms with Crippen molar-refractivity contribution in [2.45, 2.75) is 83.5 Å². The Morgan fingerprint density at radius 3 is 2.74 bits per heavy atom. The van der Waals surface area contributed by atoms with Gasteiger partial charge in [0.1, 0.15) is 23.3 Å². The average Bonchev–Trinajstić information content (AvgIpc) is 3.33. The molecule has 11 nitrogen and oxygen atoms in total. The van der Waals surface area contributed by atoms with Gasteiger partial charge in [-0.15, -0.1) is 0 Å². The summed E-state index contributed by atoms with van der Waals surface area (Å²) in [6.45, 7) is 8.40.